The van der Waals surface area contributed by atoms with Crippen molar-refractivity contribution in [3.63, 3.8) is 0 Å². The lowest BCUT2D eigenvalue weighted by molar-refractivity contribution is -0.118. The molecule has 3 rings (SSSR count). The minimum absolute atomic E-state index is 0.0116. The summed E-state index contributed by atoms with van der Waals surface area (Å²) in [5.74, 6) is -0.383. The van der Waals surface area contributed by atoms with Crippen molar-refractivity contribution in [1.29, 1.82) is 0 Å². The molecule has 0 N–H and O–H groups in total. The van der Waals surface area contributed by atoms with Crippen LogP contribution in [0.2, 0.25) is 0 Å². The number of esters is 1. The van der Waals surface area contributed by atoms with Gasteiger partial charge < -0.3 is 14.0 Å². The van der Waals surface area contributed by atoms with Crippen molar-refractivity contribution in [2.75, 3.05) is 19.5 Å². The van der Waals surface area contributed by atoms with Gasteiger partial charge in [-0.3, -0.25) is 4.79 Å². The van der Waals surface area contributed by atoms with E-state index < -0.39 is 21.7 Å². The van der Waals surface area contributed by atoms with E-state index in [9.17, 15) is 18.0 Å². The summed E-state index contributed by atoms with van der Waals surface area (Å²) >= 11 is 1.28. The number of aromatic nitrogens is 1. The Labute approximate surface area is 190 Å². The number of hydrogen-bond acceptors (Lipinski definition) is 7. The Balaban J connectivity index is 1.69. The van der Waals surface area contributed by atoms with E-state index in [0.29, 0.717) is 22.7 Å². The first-order valence-corrected chi connectivity index (χ1v) is 12.4. The normalized spacial score (nSPS) is 12.2. The molecule has 1 aromatic heterocycles. The highest BCUT2D eigenvalue weighted by Crippen LogP contribution is 2.20. The summed E-state index contributed by atoms with van der Waals surface area (Å²) in [6, 6.07) is 11.3. The van der Waals surface area contributed by atoms with Gasteiger partial charge in [0.05, 0.1) is 40.1 Å². The molecular formula is C22H24N2O6S2. The maximum atomic E-state index is 12.5. The molecule has 170 valence electrons. The van der Waals surface area contributed by atoms with Gasteiger partial charge in [-0.15, -0.1) is 0 Å². The molecule has 1 amide bonds. The second-order valence-electron chi connectivity index (χ2n) is 6.95. The van der Waals surface area contributed by atoms with E-state index in [-0.39, 0.29) is 23.5 Å². The van der Waals surface area contributed by atoms with Crippen molar-refractivity contribution < 1.29 is 27.5 Å². The van der Waals surface area contributed by atoms with E-state index in [1.165, 1.54) is 30.6 Å². The van der Waals surface area contributed by atoms with Gasteiger partial charge in [0.25, 0.3) is 0 Å². The molecule has 0 aliphatic rings. The minimum Gasteiger partial charge on any atom is -0.497 e. The number of benzene rings is 2. The molecule has 0 saturated heterocycles. The standard InChI is InChI=1S/C22H24N2O6S2/c1-4-30-21(26)15-7-12-18-19(14-15)31-22(24(18)2)23-20(25)6-5-13-32(27,28)17-10-8-16(29-3)9-11-17/h7-12,14H,4-6,13H2,1-3H3. The third-order valence-corrected chi connectivity index (χ3v) is 7.67. The van der Waals surface area contributed by atoms with Crippen molar-refractivity contribution in [3.8, 4) is 5.75 Å². The molecule has 8 nitrogen and oxygen atoms in total. The first kappa shape index (κ1) is 23.7. The number of nitrogens with zero attached hydrogens (tertiary/aromatic N) is 2. The second kappa shape index (κ2) is 10.1. The van der Waals surface area contributed by atoms with Gasteiger partial charge in [0.15, 0.2) is 14.6 Å². The van der Waals surface area contributed by atoms with Gasteiger partial charge in [-0.25, -0.2) is 13.2 Å². The van der Waals surface area contributed by atoms with Crippen LogP contribution in [0, 0.1) is 0 Å². The lowest BCUT2D eigenvalue weighted by atomic mass is 10.2. The summed E-state index contributed by atoms with van der Waals surface area (Å²) in [6.07, 6.45) is 0.177. The van der Waals surface area contributed by atoms with E-state index in [1.54, 1.807) is 48.9 Å². The van der Waals surface area contributed by atoms with Gasteiger partial charge >= 0.3 is 5.97 Å². The summed E-state index contributed by atoms with van der Waals surface area (Å²) in [5.41, 5.74) is 1.26. The minimum atomic E-state index is -3.50. The molecule has 32 heavy (non-hydrogen) atoms. The van der Waals surface area contributed by atoms with Crippen LogP contribution < -0.4 is 9.54 Å². The molecule has 0 aliphatic heterocycles. The van der Waals surface area contributed by atoms with Crippen LogP contribution in [-0.2, 0) is 26.4 Å². The number of aryl methyl sites for hydroxylation is 1. The van der Waals surface area contributed by atoms with E-state index in [1.807, 2.05) is 0 Å². The van der Waals surface area contributed by atoms with Crippen molar-refractivity contribution in [1.82, 2.24) is 4.57 Å². The second-order valence-corrected chi connectivity index (χ2v) is 10.1. The van der Waals surface area contributed by atoms with Crippen LogP contribution in [0.15, 0.2) is 52.4 Å². The van der Waals surface area contributed by atoms with Gasteiger partial charge in [-0.05, 0) is 55.8 Å². The zero-order valence-electron chi connectivity index (χ0n) is 18.0. The molecule has 1 heterocycles. The molecule has 2 aromatic carbocycles. The number of amides is 1. The highest BCUT2D eigenvalue weighted by Gasteiger charge is 2.15. The fourth-order valence-corrected chi connectivity index (χ4v) is 5.44. The third kappa shape index (κ3) is 5.43. The molecule has 0 fully saturated rings. The number of sulfone groups is 1. The van der Waals surface area contributed by atoms with Gasteiger partial charge in [0.2, 0.25) is 5.91 Å². The van der Waals surface area contributed by atoms with Crippen LogP contribution in [0.25, 0.3) is 10.2 Å². The highest BCUT2D eigenvalue weighted by atomic mass is 32.2. The number of fused-ring (bicyclic) bond motifs is 1. The lowest BCUT2D eigenvalue weighted by Crippen LogP contribution is -2.14. The Bertz CT molecular complexity index is 1300. The van der Waals surface area contributed by atoms with Crippen LogP contribution in [0.4, 0.5) is 0 Å². The van der Waals surface area contributed by atoms with Crippen LogP contribution in [0.1, 0.15) is 30.1 Å². The number of hydrogen-bond donors (Lipinski definition) is 0. The average Bonchev–Trinajstić information content (AvgIpc) is 3.08. The fraction of sp³-hybridized carbons (Fsp3) is 0.318. The molecule has 0 atom stereocenters. The summed E-state index contributed by atoms with van der Waals surface area (Å²) in [4.78, 5) is 29.1. The molecule has 0 radical (unpaired) electrons. The third-order valence-electron chi connectivity index (χ3n) is 4.76. The molecule has 0 saturated carbocycles. The summed E-state index contributed by atoms with van der Waals surface area (Å²) in [5, 5.41) is 0. The SMILES string of the molecule is CCOC(=O)c1ccc2c(c1)sc(=NC(=O)CCCS(=O)(=O)c1ccc(OC)cc1)n2C. The predicted octanol–water partition coefficient (Wildman–Crippen LogP) is 3.11. The quantitative estimate of drug-likeness (QED) is 0.463. The molecular weight excluding hydrogens is 452 g/mol. The number of carbonyl (C=O) groups excluding carboxylic acids is 2. The summed E-state index contributed by atoms with van der Waals surface area (Å²) in [6.45, 7) is 2.03. The molecule has 0 unspecified atom stereocenters. The van der Waals surface area contributed by atoms with Crippen LogP contribution in [0.5, 0.6) is 5.75 Å². The van der Waals surface area contributed by atoms with Crippen molar-refractivity contribution >= 4 is 43.3 Å². The van der Waals surface area contributed by atoms with Gasteiger partial charge in [-0.2, -0.15) is 4.99 Å². The molecule has 3 aromatic rings. The number of thiazole rings is 1. The Kier molecular flexibility index (Phi) is 7.47. The van der Waals surface area contributed by atoms with E-state index >= 15 is 0 Å². The molecule has 0 aliphatic carbocycles. The van der Waals surface area contributed by atoms with Crippen LogP contribution in [-0.4, -0.2) is 44.3 Å². The predicted molar refractivity (Wildman–Crippen MR) is 122 cm³/mol. The van der Waals surface area contributed by atoms with Crippen LogP contribution >= 0.6 is 11.3 Å². The van der Waals surface area contributed by atoms with Crippen molar-refractivity contribution in [3.05, 3.63) is 52.8 Å². The van der Waals surface area contributed by atoms with E-state index in [4.69, 9.17) is 9.47 Å². The Morgan fingerprint density at radius 2 is 1.84 bits per heavy atom. The first-order chi connectivity index (χ1) is 15.2. The summed E-state index contributed by atoms with van der Waals surface area (Å²) < 4.78 is 37.5. The number of rotatable bonds is 8. The number of ether oxygens (including phenoxy) is 2. The average molecular weight is 477 g/mol. The monoisotopic (exact) mass is 476 g/mol. The van der Waals surface area contributed by atoms with E-state index in [0.717, 1.165) is 10.2 Å². The zero-order chi connectivity index (χ0) is 23.3. The smallest absolute Gasteiger partial charge is 0.338 e. The topological polar surface area (TPSA) is 104 Å². The lowest BCUT2D eigenvalue weighted by Gasteiger charge is -2.05. The van der Waals surface area contributed by atoms with E-state index in [2.05, 4.69) is 4.99 Å². The Hall–Kier alpha value is -2.98. The summed E-state index contributed by atoms with van der Waals surface area (Å²) in [7, 11) is -0.207. The van der Waals surface area contributed by atoms with Gasteiger partial charge in [0, 0.05) is 13.5 Å². The number of methoxy groups -OCH3 is 1. The molecule has 0 bridgehead atoms. The molecule has 10 heteroatoms. The van der Waals surface area contributed by atoms with Gasteiger partial charge in [0.1, 0.15) is 5.75 Å². The zero-order valence-corrected chi connectivity index (χ0v) is 19.7. The Morgan fingerprint density at radius 3 is 2.50 bits per heavy atom. The maximum Gasteiger partial charge on any atom is 0.338 e. The maximum absolute atomic E-state index is 12.5. The Morgan fingerprint density at radius 1 is 1.12 bits per heavy atom. The first-order valence-electron chi connectivity index (χ1n) is 9.96. The highest BCUT2D eigenvalue weighted by molar-refractivity contribution is 7.91. The van der Waals surface area contributed by atoms with Gasteiger partial charge in [-0.1, -0.05) is 11.3 Å². The number of carbonyl (C=O) groups is 2. The largest absolute Gasteiger partial charge is 0.497 e. The van der Waals surface area contributed by atoms with Crippen molar-refractivity contribution in [2.24, 2.45) is 12.0 Å². The molecule has 0 spiro atoms. The van der Waals surface area contributed by atoms with Crippen molar-refractivity contribution in [2.45, 2.75) is 24.7 Å². The van der Waals surface area contributed by atoms with Crippen LogP contribution in [0.3, 0.4) is 0 Å². The fourth-order valence-electron chi connectivity index (χ4n) is 3.06.